The van der Waals surface area contributed by atoms with E-state index >= 15 is 0 Å². The molecule has 1 aliphatic heterocycles. The predicted molar refractivity (Wildman–Crippen MR) is 96.4 cm³/mol. The van der Waals surface area contributed by atoms with E-state index in [1.807, 2.05) is 11.8 Å². The van der Waals surface area contributed by atoms with Gasteiger partial charge in [-0.15, -0.1) is 0 Å². The smallest absolute Gasteiger partial charge is 0.254 e. The zero-order valence-corrected chi connectivity index (χ0v) is 15.3. The number of amides is 1. The second kappa shape index (κ2) is 9.74. The minimum Gasteiger partial charge on any atom is -0.490 e. The third kappa shape index (κ3) is 5.02. The number of hydrogen-bond donors (Lipinski definition) is 1. The number of carbonyl (C=O) groups is 1. The summed E-state index contributed by atoms with van der Waals surface area (Å²) in [6, 6.07) is 3.43. The number of rotatable bonds is 7. The number of nitrogens with zero attached hydrogens (tertiary/aromatic N) is 1. The van der Waals surface area contributed by atoms with Gasteiger partial charge in [0, 0.05) is 25.2 Å². The summed E-state index contributed by atoms with van der Waals surface area (Å²) in [5, 5.41) is 3.72. The molecular formula is C18H27ClN2O3. The fraction of sp³-hybridized carbons (Fsp3) is 0.611. The molecule has 6 heteroatoms. The van der Waals surface area contributed by atoms with Crippen LogP contribution in [-0.4, -0.2) is 50.2 Å². The van der Waals surface area contributed by atoms with Gasteiger partial charge in [-0.05, 0) is 38.4 Å². The Balaban J connectivity index is 2.21. The van der Waals surface area contributed by atoms with Crippen molar-refractivity contribution < 1.29 is 14.3 Å². The summed E-state index contributed by atoms with van der Waals surface area (Å²) >= 11 is 6.38. The number of ether oxygens (including phenoxy) is 2. The number of carbonyl (C=O) groups excluding carboxylic acids is 1. The summed E-state index contributed by atoms with van der Waals surface area (Å²) < 4.78 is 11.4. The monoisotopic (exact) mass is 354 g/mol. The van der Waals surface area contributed by atoms with Crippen LogP contribution < -0.4 is 14.8 Å². The molecule has 1 amide bonds. The Bertz CT molecular complexity index is 543. The lowest BCUT2D eigenvalue weighted by Gasteiger charge is -2.21. The molecule has 0 saturated carbocycles. The fourth-order valence-electron chi connectivity index (χ4n) is 2.64. The first-order valence-corrected chi connectivity index (χ1v) is 9.14. The van der Waals surface area contributed by atoms with E-state index in [2.05, 4.69) is 12.2 Å². The first-order chi connectivity index (χ1) is 11.7. The quantitative estimate of drug-likeness (QED) is 0.763. The summed E-state index contributed by atoms with van der Waals surface area (Å²) in [7, 11) is 0. The van der Waals surface area contributed by atoms with Crippen molar-refractivity contribution in [2.24, 2.45) is 0 Å². The molecule has 0 atom stereocenters. The molecule has 1 aromatic rings. The van der Waals surface area contributed by atoms with Crippen LogP contribution in [0, 0.1) is 0 Å². The Morgan fingerprint density at radius 1 is 1.25 bits per heavy atom. The van der Waals surface area contributed by atoms with Crippen LogP contribution in [0.3, 0.4) is 0 Å². The molecule has 1 saturated heterocycles. The van der Waals surface area contributed by atoms with Crippen LogP contribution in [0.5, 0.6) is 11.5 Å². The van der Waals surface area contributed by atoms with Gasteiger partial charge in [0.25, 0.3) is 5.91 Å². The van der Waals surface area contributed by atoms with E-state index in [-0.39, 0.29) is 5.91 Å². The molecule has 134 valence electrons. The van der Waals surface area contributed by atoms with Gasteiger partial charge in [-0.25, -0.2) is 0 Å². The normalized spacial score (nSPS) is 15.0. The maximum Gasteiger partial charge on any atom is 0.254 e. The topological polar surface area (TPSA) is 50.8 Å². The van der Waals surface area contributed by atoms with Gasteiger partial charge in [0.1, 0.15) is 0 Å². The van der Waals surface area contributed by atoms with E-state index in [1.165, 1.54) is 0 Å². The molecule has 0 radical (unpaired) electrons. The number of nitrogens with one attached hydrogen (secondary N) is 1. The Morgan fingerprint density at radius 2 is 2.08 bits per heavy atom. The summed E-state index contributed by atoms with van der Waals surface area (Å²) in [4.78, 5) is 14.6. The van der Waals surface area contributed by atoms with Crippen LogP contribution in [-0.2, 0) is 0 Å². The molecule has 1 aromatic carbocycles. The van der Waals surface area contributed by atoms with Crippen LogP contribution in [0.15, 0.2) is 12.1 Å². The van der Waals surface area contributed by atoms with Gasteiger partial charge in [-0.3, -0.25) is 4.79 Å². The van der Waals surface area contributed by atoms with Crippen molar-refractivity contribution in [3.63, 3.8) is 0 Å². The second-order valence-corrected chi connectivity index (χ2v) is 6.22. The van der Waals surface area contributed by atoms with Crippen molar-refractivity contribution in [2.45, 2.75) is 33.1 Å². The molecule has 1 heterocycles. The fourth-order valence-corrected chi connectivity index (χ4v) is 2.91. The molecular weight excluding hydrogens is 328 g/mol. The van der Waals surface area contributed by atoms with Gasteiger partial charge >= 0.3 is 0 Å². The van der Waals surface area contributed by atoms with Crippen molar-refractivity contribution in [3.8, 4) is 11.5 Å². The molecule has 0 unspecified atom stereocenters. The van der Waals surface area contributed by atoms with Gasteiger partial charge in [0.05, 0.1) is 18.2 Å². The van der Waals surface area contributed by atoms with Gasteiger partial charge in [0.2, 0.25) is 0 Å². The van der Waals surface area contributed by atoms with E-state index in [0.29, 0.717) is 41.8 Å². The highest BCUT2D eigenvalue weighted by molar-refractivity contribution is 6.32. The van der Waals surface area contributed by atoms with E-state index in [4.69, 9.17) is 21.1 Å². The predicted octanol–water partition coefficient (Wildman–Crippen LogP) is 3.35. The van der Waals surface area contributed by atoms with Crippen molar-refractivity contribution in [1.29, 1.82) is 0 Å². The lowest BCUT2D eigenvalue weighted by Crippen LogP contribution is -2.34. The first-order valence-electron chi connectivity index (χ1n) is 8.76. The third-order valence-electron chi connectivity index (χ3n) is 3.93. The van der Waals surface area contributed by atoms with Crippen molar-refractivity contribution in [1.82, 2.24) is 10.2 Å². The number of halogens is 1. The van der Waals surface area contributed by atoms with E-state index < -0.39 is 0 Å². The average molecular weight is 355 g/mol. The summed E-state index contributed by atoms with van der Waals surface area (Å²) in [6.45, 7) is 8.30. The second-order valence-electron chi connectivity index (χ2n) is 5.82. The highest BCUT2D eigenvalue weighted by Crippen LogP contribution is 2.37. The van der Waals surface area contributed by atoms with Crippen LogP contribution >= 0.6 is 11.6 Å². The zero-order valence-electron chi connectivity index (χ0n) is 14.6. The lowest BCUT2D eigenvalue weighted by atomic mass is 10.1. The maximum atomic E-state index is 12.8. The highest BCUT2D eigenvalue weighted by atomic mass is 35.5. The lowest BCUT2D eigenvalue weighted by molar-refractivity contribution is 0.0766. The molecule has 1 fully saturated rings. The van der Waals surface area contributed by atoms with Crippen LogP contribution in [0.4, 0.5) is 0 Å². The molecule has 5 nitrogen and oxygen atoms in total. The number of hydrogen-bond acceptors (Lipinski definition) is 4. The van der Waals surface area contributed by atoms with Crippen LogP contribution in [0.25, 0.3) is 0 Å². The van der Waals surface area contributed by atoms with Gasteiger partial charge in [-0.2, -0.15) is 0 Å². The summed E-state index contributed by atoms with van der Waals surface area (Å²) in [5.74, 6) is 1.06. The van der Waals surface area contributed by atoms with Gasteiger partial charge in [0.15, 0.2) is 11.5 Å². The van der Waals surface area contributed by atoms with E-state index in [0.717, 1.165) is 38.9 Å². The molecule has 1 aliphatic rings. The molecule has 2 rings (SSSR count). The first kappa shape index (κ1) is 18.9. The van der Waals surface area contributed by atoms with Gasteiger partial charge in [-0.1, -0.05) is 24.9 Å². The van der Waals surface area contributed by atoms with Crippen LogP contribution in [0.1, 0.15) is 43.5 Å². The van der Waals surface area contributed by atoms with E-state index in [1.54, 1.807) is 12.1 Å². The zero-order chi connectivity index (χ0) is 17.4. The largest absolute Gasteiger partial charge is 0.490 e. The standard InChI is InChI=1S/C18H27ClN2O3/c1-3-5-11-24-17-15(19)12-14(13-16(17)23-4-2)18(22)21-9-6-7-20-8-10-21/h12-13,20H,3-11H2,1-2H3. The maximum absolute atomic E-state index is 12.8. The minimum atomic E-state index is -0.0124. The molecule has 0 spiro atoms. The van der Waals surface area contributed by atoms with Gasteiger partial charge < -0.3 is 19.7 Å². The molecule has 0 aliphatic carbocycles. The highest BCUT2D eigenvalue weighted by Gasteiger charge is 2.21. The average Bonchev–Trinajstić information content (AvgIpc) is 2.86. The molecule has 0 aromatic heterocycles. The number of benzene rings is 1. The molecule has 1 N–H and O–H groups in total. The Labute approximate surface area is 149 Å². The third-order valence-corrected chi connectivity index (χ3v) is 4.21. The summed E-state index contributed by atoms with van der Waals surface area (Å²) in [5.41, 5.74) is 0.549. The van der Waals surface area contributed by atoms with Crippen molar-refractivity contribution in [3.05, 3.63) is 22.7 Å². The minimum absolute atomic E-state index is 0.0124. The van der Waals surface area contributed by atoms with Crippen LogP contribution in [0.2, 0.25) is 5.02 Å². The summed E-state index contributed by atoms with van der Waals surface area (Å²) in [6.07, 6.45) is 2.94. The van der Waals surface area contributed by atoms with Crippen molar-refractivity contribution in [2.75, 3.05) is 39.4 Å². The number of unbranched alkanes of at least 4 members (excludes halogenated alkanes) is 1. The van der Waals surface area contributed by atoms with Crippen molar-refractivity contribution >= 4 is 17.5 Å². The Hall–Kier alpha value is -1.46. The SMILES string of the molecule is CCCCOc1c(Cl)cc(C(=O)N2CCCNCC2)cc1OCC. The Kier molecular flexibility index (Phi) is 7.66. The molecule has 24 heavy (non-hydrogen) atoms. The molecule has 0 bridgehead atoms. The Morgan fingerprint density at radius 3 is 2.83 bits per heavy atom. The van der Waals surface area contributed by atoms with E-state index in [9.17, 15) is 4.79 Å².